The van der Waals surface area contributed by atoms with Crippen molar-refractivity contribution in [3.8, 4) is 0 Å². The van der Waals surface area contributed by atoms with E-state index in [0.717, 1.165) is 21.1 Å². The fourth-order valence-electron chi connectivity index (χ4n) is 2.12. The quantitative estimate of drug-likeness (QED) is 0.789. The summed E-state index contributed by atoms with van der Waals surface area (Å²) in [4.78, 5) is 4.15. The monoisotopic (exact) mass is 400 g/mol. The average Bonchev–Trinajstić information content (AvgIpc) is 2.41. The van der Waals surface area contributed by atoms with Crippen molar-refractivity contribution in [3.05, 3.63) is 62.5 Å². The van der Waals surface area contributed by atoms with Crippen LogP contribution < -0.4 is 5.32 Å². The summed E-state index contributed by atoms with van der Waals surface area (Å²) in [5, 5.41) is 3.33. The fourth-order valence-corrected chi connectivity index (χ4v) is 2.91. The van der Waals surface area contributed by atoms with Crippen molar-refractivity contribution in [2.75, 3.05) is 6.54 Å². The summed E-state index contributed by atoms with van der Waals surface area (Å²) in [6, 6.07) is 6.96. The van der Waals surface area contributed by atoms with Gasteiger partial charge in [0.25, 0.3) is 0 Å². The Kier molecular flexibility index (Phi) is 5.69. The SMILES string of the molecule is CCNC(Cc1cncc(Br)c1)c1cc(Br)ccc1F. The van der Waals surface area contributed by atoms with E-state index in [-0.39, 0.29) is 11.9 Å². The van der Waals surface area contributed by atoms with Gasteiger partial charge >= 0.3 is 0 Å². The molecule has 1 aromatic carbocycles. The number of hydrogen-bond acceptors (Lipinski definition) is 2. The Bertz CT molecular complexity index is 590. The van der Waals surface area contributed by atoms with Crippen molar-refractivity contribution in [1.29, 1.82) is 0 Å². The second-order valence-corrected chi connectivity index (χ2v) is 6.32. The van der Waals surface area contributed by atoms with Crippen LogP contribution in [0.5, 0.6) is 0 Å². The van der Waals surface area contributed by atoms with E-state index in [1.165, 1.54) is 6.07 Å². The molecule has 2 rings (SSSR count). The third kappa shape index (κ3) is 4.11. The Labute approximate surface area is 135 Å². The van der Waals surface area contributed by atoms with E-state index in [1.807, 2.05) is 25.3 Å². The lowest BCUT2D eigenvalue weighted by Gasteiger charge is -2.19. The van der Waals surface area contributed by atoms with Gasteiger partial charge in [0.1, 0.15) is 5.82 Å². The van der Waals surface area contributed by atoms with Gasteiger partial charge in [-0.2, -0.15) is 0 Å². The zero-order chi connectivity index (χ0) is 14.5. The largest absolute Gasteiger partial charge is 0.310 e. The fraction of sp³-hybridized carbons (Fsp3) is 0.267. The molecular weight excluding hydrogens is 387 g/mol. The van der Waals surface area contributed by atoms with Crippen LogP contribution in [-0.4, -0.2) is 11.5 Å². The van der Waals surface area contributed by atoms with Crippen LogP contribution in [0.25, 0.3) is 0 Å². The molecule has 0 aliphatic heterocycles. The number of pyridine rings is 1. The highest BCUT2D eigenvalue weighted by molar-refractivity contribution is 9.10. The molecule has 2 aromatic rings. The van der Waals surface area contributed by atoms with Crippen molar-refractivity contribution >= 4 is 31.9 Å². The van der Waals surface area contributed by atoms with Gasteiger partial charge < -0.3 is 5.32 Å². The van der Waals surface area contributed by atoms with Crippen LogP contribution >= 0.6 is 31.9 Å². The lowest BCUT2D eigenvalue weighted by atomic mass is 9.99. The number of nitrogens with zero attached hydrogens (tertiary/aromatic N) is 1. The summed E-state index contributed by atoms with van der Waals surface area (Å²) in [6.45, 7) is 2.79. The molecule has 2 nitrogen and oxygen atoms in total. The van der Waals surface area contributed by atoms with Crippen LogP contribution in [0.1, 0.15) is 24.1 Å². The van der Waals surface area contributed by atoms with Crippen molar-refractivity contribution in [2.45, 2.75) is 19.4 Å². The summed E-state index contributed by atoms with van der Waals surface area (Å²) in [5.41, 5.74) is 1.73. The summed E-state index contributed by atoms with van der Waals surface area (Å²) in [7, 11) is 0. The molecule has 0 saturated carbocycles. The lowest BCUT2D eigenvalue weighted by molar-refractivity contribution is 0.509. The molecule has 0 radical (unpaired) electrons. The molecule has 0 aliphatic carbocycles. The summed E-state index contributed by atoms with van der Waals surface area (Å²) in [6.07, 6.45) is 4.24. The van der Waals surface area contributed by atoms with E-state index < -0.39 is 0 Å². The molecule has 1 aromatic heterocycles. The standard InChI is InChI=1S/C15H15Br2FN2/c1-2-20-15(6-10-5-12(17)9-19-8-10)13-7-11(16)3-4-14(13)18/h3-5,7-9,15,20H,2,6H2,1H3. The minimum atomic E-state index is -0.192. The number of rotatable bonds is 5. The minimum Gasteiger partial charge on any atom is -0.310 e. The molecule has 1 unspecified atom stereocenters. The van der Waals surface area contributed by atoms with E-state index in [9.17, 15) is 4.39 Å². The van der Waals surface area contributed by atoms with Gasteiger partial charge in [-0.25, -0.2) is 4.39 Å². The molecule has 0 aliphatic rings. The Hall–Kier alpha value is -0.780. The minimum absolute atomic E-state index is 0.0754. The highest BCUT2D eigenvalue weighted by Crippen LogP contribution is 2.25. The molecule has 0 spiro atoms. The van der Waals surface area contributed by atoms with Gasteiger partial charge in [0.2, 0.25) is 0 Å². The Morgan fingerprint density at radius 2 is 2.00 bits per heavy atom. The summed E-state index contributed by atoms with van der Waals surface area (Å²) in [5.74, 6) is -0.192. The molecule has 106 valence electrons. The summed E-state index contributed by atoms with van der Waals surface area (Å²) < 4.78 is 15.8. The van der Waals surface area contributed by atoms with Crippen LogP contribution in [0.3, 0.4) is 0 Å². The van der Waals surface area contributed by atoms with Gasteiger partial charge in [0.05, 0.1) is 0 Å². The molecule has 0 saturated heterocycles. The maximum Gasteiger partial charge on any atom is 0.128 e. The predicted molar refractivity (Wildman–Crippen MR) is 86.2 cm³/mol. The van der Waals surface area contributed by atoms with Crippen LogP contribution in [-0.2, 0) is 6.42 Å². The van der Waals surface area contributed by atoms with Gasteiger partial charge in [-0.05, 0) is 58.7 Å². The lowest BCUT2D eigenvalue weighted by Crippen LogP contribution is -2.24. The van der Waals surface area contributed by atoms with Gasteiger partial charge in [-0.3, -0.25) is 4.98 Å². The second-order valence-electron chi connectivity index (χ2n) is 4.49. The number of aromatic nitrogens is 1. The van der Waals surface area contributed by atoms with E-state index in [1.54, 1.807) is 12.3 Å². The third-order valence-corrected chi connectivity index (χ3v) is 3.91. The smallest absolute Gasteiger partial charge is 0.128 e. The summed E-state index contributed by atoms with van der Waals surface area (Å²) >= 11 is 6.81. The van der Waals surface area contributed by atoms with E-state index in [2.05, 4.69) is 42.2 Å². The zero-order valence-corrected chi connectivity index (χ0v) is 14.2. The maximum atomic E-state index is 14.0. The van der Waals surface area contributed by atoms with Crippen LogP contribution in [0.2, 0.25) is 0 Å². The molecule has 0 amide bonds. The number of hydrogen-bond donors (Lipinski definition) is 1. The van der Waals surface area contributed by atoms with E-state index in [4.69, 9.17) is 0 Å². The third-order valence-electron chi connectivity index (χ3n) is 2.99. The first-order chi connectivity index (χ1) is 9.60. The molecule has 20 heavy (non-hydrogen) atoms. The van der Waals surface area contributed by atoms with Gasteiger partial charge in [-0.15, -0.1) is 0 Å². The molecule has 1 heterocycles. The molecule has 1 N–H and O–H groups in total. The van der Waals surface area contributed by atoms with Crippen LogP contribution in [0.4, 0.5) is 4.39 Å². The number of nitrogens with one attached hydrogen (secondary N) is 1. The number of benzene rings is 1. The molecular formula is C15H15Br2FN2. The molecule has 0 bridgehead atoms. The number of likely N-dealkylation sites (N-methyl/N-ethyl adjacent to an activating group) is 1. The van der Waals surface area contributed by atoms with Crippen molar-refractivity contribution in [3.63, 3.8) is 0 Å². The Morgan fingerprint density at radius 1 is 1.20 bits per heavy atom. The van der Waals surface area contributed by atoms with Crippen molar-refractivity contribution < 1.29 is 4.39 Å². The molecule has 1 atom stereocenters. The van der Waals surface area contributed by atoms with Gasteiger partial charge in [0, 0.05) is 32.9 Å². The Morgan fingerprint density at radius 3 is 2.70 bits per heavy atom. The van der Waals surface area contributed by atoms with Crippen LogP contribution in [0, 0.1) is 5.82 Å². The zero-order valence-electron chi connectivity index (χ0n) is 11.0. The molecule has 5 heteroatoms. The average molecular weight is 402 g/mol. The van der Waals surface area contributed by atoms with Gasteiger partial charge in [-0.1, -0.05) is 22.9 Å². The maximum absolute atomic E-state index is 14.0. The first-order valence-corrected chi connectivity index (χ1v) is 7.96. The molecule has 0 fully saturated rings. The highest BCUT2D eigenvalue weighted by Gasteiger charge is 2.16. The second kappa shape index (κ2) is 7.29. The van der Waals surface area contributed by atoms with E-state index >= 15 is 0 Å². The van der Waals surface area contributed by atoms with Gasteiger partial charge in [0.15, 0.2) is 0 Å². The first-order valence-electron chi connectivity index (χ1n) is 6.38. The number of halogens is 3. The highest BCUT2D eigenvalue weighted by atomic mass is 79.9. The first kappa shape index (κ1) is 15.6. The normalized spacial score (nSPS) is 12.4. The predicted octanol–water partition coefficient (Wildman–Crippen LogP) is 4.64. The van der Waals surface area contributed by atoms with E-state index in [0.29, 0.717) is 12.0 Å². The topological polar surface area (TPSA) is 24.9 Å². The van der Waals surface area contributed by atoms with Crippen molar-refractivity contribution in [1.82, 2.24) is 10.3 Å². The van der Waals surface area contributed by atoms with Crippen LogP contribution in [0.15, 0.2) is 45.6 Å². The Balaban J connectivity index is 2.29. The van der Waals surface area contributed by atoms with Crippen molar-refractivity contribution in [2.24, 2.45) is 0 Å².